The lowest BCUT2D eigenvalue weighted by Crippen LogP contribution is -2.33. The lowest BCUT2D eigenvalue weighted by molar-refractivity contribution is -0.0216. The van der Waals surface area contributed by atoms with Crippen molar-refractivity contribution in [2.24, 2.45) is 0 Å². The van der Waals surface area contributed by atoms with Gasteiger partial charge in [-0.2, -0.15) is 0 Å². The van der Waals surface area contributed by atoms with Crippen LogP contribution in [-0.4, -0.2) is 38.5 Å². The molecule has 0 saturated carbocycles. The minimum Gasteiger partial charge on any atom is -0.376 e. The Labute approximate surface area is 80.8 Å². The van der Waals surface area contributed by atoms with E-state index in [-0.39, 0.29) is 0 Å². The summed E-state index contributed by atoms with van der Waals surface area (Å²) in [5.74, 6) is 0. The molecule has 1 heterocycles. The molecule has 0 aromatic carbocycles. The molecule has 1 aliphatic rings. The lowest BCUT2D eigenvalue weighted by Gasteiger charge is -2.23. The summed E-state index contributed by atoms with van der Waals surface area (Å²) in [6, 6.07) is 0. The first-order chi connectivity index (χ1) is 6.29. The molecular formula is C10H21NO2. The molecular weight excluding hydrogens is 166 g/mol. The molecule has 13 heavy (non-hydrogen) atoms. The first kappa shape index (κ1) is 11.0. The Morgan fingerprint density at radius 3 is 2.54 bits per heavy atom. The molecule has 1 fully saturated rings. The van der Waals surface area contributed by atoms with Crippen LogP contribution in [-0.2, 0) is 9.47 Å². The zero-order valence-electron chi connectivity index (χ0n) is 8.71. The second kappa shape index (κ2) is 6.35. The summed E-state index contributed by atoms with van der Waals surface area (Å²) >= 11 is 0. The van der Waals surface area contributed by atoms with Gasteiger partial charge in [-0.15, -0.1) is 0 Å². The number of hydrogen-bond donors (Lipinski definition) is 1. The minimum absolute atomic E-state index is 0.316. The lowest BCUT2D eigenvalue weighted by atomic mass is 10.1. The van der Waals surface area contributed by atoms with E-state index in [1.807, 2.05) is 13.8 Å². The van der Waals surface area contributed by atoms with Crippen LogP contribution in [0.1, 0.15) is 26.7 Å². The molecule has 0 unspecified atom stereocenters. The van der Waals surface area contributed by atoms with Gasteiger partial charge in [-0.25, -0.2) is 0 Å². The van der Waals surface area contributed by atoms with Crippen LogP contribution >= 0.6 is 0 Å². The van der Waals surface area contributed by atoms with Crippen molar-refractivity contribution in [1.82, 2.24) is 5.32 Å². The van der Waals surface area contributed by atoms with Crippen molar-refractivity contribution in [3.63, 3.8) is 0 Å². The van der Waals surface area contributed by atoms with Crippen molar-refractivity contribution in [2.45, 2.75) is 38.9 Å². The van der Waals surface area contributed by atoms with Crippen LogP contribution in [0.3, 0.4) is 0 Å². The van der Waals surface area contributed by atoms with E-state index in [4.69, 9.17) is 9.47 Å². The number of rotatable bonds is 5. The predicted molar refractivity (Wildman–Crippen MR) is 52.9 cm³/mol. The van der Waals surface area contributed by atoms with Crippen LogP contribution in [0, 0.1) is 0 Å². The van der Waals surface area contributed by atoms with Gasteiger partial charge in [0.2, 0.25) is 0 Å². The molecule has 3 nitrogen and oxygen atoms in total. The first-order valence-corrected chi connectivity index (χ1v) is 5.23. The zero-order chi connectivity index (χ0) is 9.52. The van der Waals surface area contributed by atoms with Crippen molar-refractivity contribution >= 4 is 0 Å². The van der Waals surface area contributed by atoms with Gasteiger partial charge >= 0.3 is 0 Å². The Balaban J connectivity index is 1.92. The van der Waals surface area contributed by atoms with E-state index in [1.165, 1.54) is 0 Å². The van der Waals surface area contributed by atoms with Gasteiger partial charge in [-0.3, -0.25) is 0 Å². The standard InChI is InChI=1S/C10H21NO2/c1-9(2)12-7-8-13-10-3-5-11-6-4-10/h9-11H,3-8H2,1-2H3. The fourth-order valence-corrected chi connectivity index (χ4v) is 1.46. The molecule has 0 aromatic rings. The van der Waals surface area contributed by atoms with Gasteiger partial charge in [-0.05, 0) is 39.8 Å². The van der Waals surface area contributed by atoms with Gasteiger partial charge in [-0.1, -0.05) is 0 Å². The molecule has 0 bridgehead atoms. The fourth-order valence-electron chi connectivity index (χ4n) is 1.46. The average Bonchev–Trinajstić information content (AvgIpc) is 2.14. The van der Waals surface area contributed by atoms with E-state index < -0.39 is 0 Å². The van der Waals surface area contributed by atoms with Crippen molar-refractivity contribution in [2.75, 3.05) is 26.3 Å². The Bertz CT molecular complexity index is 122. The number of nitrogens with one attached hydrogen (secondary N) is 1. The van der Waals surface area contributed by atoms with Crippen LogP contribution in [0.2, 0.25) is 0 Å². The smallest absolute Gasteiger partial charge is 0.0704 e. The van der Waals surface area contributed by atoms with Crippen molar-refractivity contribution in [1.29, 1.82) is 0 Å². The van der Waals surface area contributed by atoms with E-state index in [2.05, 4.69) is 5.32 Å². The van der Waals surface area contributed by atoms with E-state index in [0.717, 1.165) is 39.1 Å². The summed E-state index contributed by atoms with van der Waals surface area (Å²) in [4.78, 5) is 0. The summed E-state index contributed by atoms with van der Waals surface area (Å²) < 4.78 is 11.1. The van der Waals surface area contributed by atoms with E-state index >= 15 is 0 Å². The summed E-state index contributed by atoms with van der Waals surface area (Å²) in [5, 5.41) is 3.31. The number of hydrogen-bond acceptors (Lipinski definition) is 3. The normalized spacial score (nSPS) is 19.6. The van der Waals surface area contributed by atoms with Crippen LogP contribution in [0.15, 0.2) is 0 Å². The van der Waals surface area contributed by atoms with Gasteiger partial charge in [0.1, 0.15) is 0 Å². The summed E-state index contributed by atoms with van der Waals surface area (Å²) in [6.07, 6.45) is 3.05. The molecule has 0 aromatic heterocycles. The molecule has 1 saturated heterocycles. The highest BCUT2D eigenvalue weighted by molar-refractivity contribution is 4.67. The van der Waals surface area contributed by atoms with Gasteiger partial charge in [0.15, 0.2) is 0 Å². The van der Waals surface area contributed by atoms with E-state index in [0.29, 0.717) is 12.2 Å². The Hall–Kier alpha value is -0.120. The minimum atomic E-state index is 0.316. The van der Waals surface area contributed by atoms with Gasteiger partial charge in [0, 0.05) is 0 Å². The number of piperidine rings is 1. The molecule has 78 valence electrons. The van der Waals surface area contributed by atoms with Crippen molar-refractivity contribution in [3.8, 4) is 0 Å². The maximum atomic E-state index is 5.67. The van der Waals surface area contributed by atoms with Crippen LogP contribution in [0.4, 0.5) is 0 Å². The Morgan fingerprint density at radius 2 is 1.92 bits per heavy atom. The van der Waals surface area contributed by atoms with Crippen molar-refractivity contribution < 1.29 is 9.47 Å². The predicted octanol–water partition coefficient (Wildman–Crippen LogP) is 1.18. The first-order valence-electron chi connectivity index (χ1n) is 5.23. The highest BCUT2D eigenvalue weighted by Crippen LogP contribution is 2.06. The molecule has 0 aliphatic carbocycles. The third kappa shape index (κ3) is 5.24. The van der Waals surface area contributed by atoms with Crippen LogP contribution < -0.4 is 5.32 Å². The summed E-state index contributed by atoms with van der Waals surface area (Å²) in [6.45, 7) is 7.74. The molecule has 0 atom stereocenters. The van der Waals surface area contributed by atoms with Crippen LogP contribution in [0.5, 0.6) is 0 Å². The SMILES string of the molecule is CC(C)OCCOC1CCNCC1. The highest BCUT2D eigenvalue weighted by atomic mass is 16.5. The zero-order valence-corrected chi connectivity index (χ0v) is 8.71. The third-order valence-corrected chi connectivity index (χ3v) is 2.17. The third-order valence-electron chi connectivity index (χ3n) is 2.17. The molecule has 1 rings (SSSR count). The van der Waals surface area contributed by atoms with Gasteiger partial charge in [0.25, 0.3) is 0 Å². The van der Waals surface area contributed by atoms with Crippen LogP contribution in [0.25, 0.3) is 0 Å². The van der Waals surface area contributed by atoms with E-state index in [9.17, 15) is 0 Å². The van der Waals surface area contributed by atoms with E-state index in [1.54, 1.807) is 0 Å². The highest BCUT2D eigenvalue weighted by Gasteiger charge is 2.12. The molecule has 1 aliphatic heterocycles. The largest absolute Gasteiger partial charge is 0.376 e. The maximum absolute atomic E-state index is 5.67. The topological polar surface area (TPSA) is 30.5 Å². The monoisotopic (exact) mass is 187 g/mol. The Kier molecular flexibility index (Phi) is 5.35. The molecule has 3 heteroatoms. The fraction of sp³-hybridized carbons (Fsp3) is 1.00. The second-order valence-electron chi connectivity index (χ2n) is 3.74. The maximum Gasteiger partial charge on any atom is 0.0704 e. The number of ether oxygens (including phenoxy) is 2. The molecule has 1 N–H and O–H groups in total. The van der Waals surface area contributed by atoms with Gasteiger partial charge in [0.05, 0.1) is 25.4 Å². The van der Waals surface area contributed by atoms with Gasteiger partial charge < -0.3 is 14.8 Å². The van der Waals surface area contributed by atoms with Crippen molar-refractivity contribution in [3.05, 3.63) is 0 Å². The second-order valence-corrected chi connectivity index (χ2v) is 3.74. The summed E-state index contributed by atoms with van der Waals surface area (Å²) in [7, 11) is 0. The molecule has 0 spiro atoms. The molecule has 0 amide bonds. The molecule has 0 radical (unpaired) electrons. The summed E-state index contributed by atoms with van der Waals surface area (Å²) in [5.41, 5.74) is 0. The quantitative estimate of drug-likeness (QED) is 0.656. The Morgan fingerprint density at radius 1 is 1.23 bits per heavy atom. The average molecular weight is 187 g/mol.